The molecule has 0 aliphatic heterocycles. The Morgan fingerprint density at radius 2 is 2.29 bits per heavy atom. The van der Waals surface area contributed by atoms with Gasteiger partial charge in [-0.25, -0.2) is 0 Å². The van der Waals surface area contributed by atoms with Crippen molar-refractivity contribution in [3.05, 3.63) is 24.0 Å². The summed E-state index contributed by atoms with van der Waals surface area (Å²) >= 11 is 0. The monoisotopic (exact) mass is 192 g/mol. The van der Waals surface area contributed by atoms with Gasteiger partial charge in [-0.05, 0) is 37.8 Å². The molecule has 1 aromatic heterocycles. The Kier molecular flexibility index (Phi) is 3.25. The van der Waals surface area contributed by atoms with Gasteiger partial charge >= 0.3 is 0 Å². The second kappa shape index (κ2) is 4.65. The highest BCUT2D eigenvalue weighted by Crippen LogP contribution is 2.27. The molecule has 1 aliphatic rings. The lowest BCUT2D eigenvalue weighted by Crippen LogP contribution is -2.31. The first-order chi connectivity index (χ1) is 6.86. The molecular weight excluding hydrogens is 172 g/mol. The molecule has 1 aliphatic carbocycles. The van der Waals surface area contributed by atoms with Gasteiger partial charge < -0.3 is 10.3 Å². The molecule has 2 N–H and O–H groups in total. The number of nitrogens with one attached hydrogen (secondary N) is 2. The minimum Gasteiger partial charge on any atom is -0.364 e. The van der Waals surface area contributed by atoms with E-state index in [1.165, 1.54) is 31.4 Å². The quantitative estimate of drug-likeness (QED) is 0.754. The Balaban J connectivity index is 1.74. The molecule has 0 amide bonds. The van der Waals surface area contributed by atoms with E-state index < -0.39 is 0 Å². The second-order valence-electron chi connectivity index (χ2n) is 4.41. The molecule has 0 aromatic carbocycles. The van der Waals surface area contributed by atoms with Crippen LogP contribution in [0.2, 0.25) is 0 Å². The molecule has 2 nitrogen and oxygen atoms in total. The van der Waals surface area contributed by atoms with Crippen molar-refractivity contribution < 1.29 is 0 Å². The van der Waals surface area contributed by atoms with Gasteiger partial charge in [0, 0.05) is 24.5 Å². The van der Waals surface area contributed by atoms with Gasteiger partial charge in [0.05, 0.1) is 0 Å². The molecule has 1 atom stereocenters. The number of hydrogen-bond acceptors (Lipinski definition) is 1. The maximum absolute atomic E-state index is 3.60. The van der Waals surface area contributed by atoms with Crippen molar-refractivity contribution >= 4 is 0 Å². The van der Waals surface area contributed by atoms with Crippen molar-refractivity contribution in [2.45, 2.75) is 45.2 Å². The van der Waals surface area contributed by atoms with Crippen LogP contribution in [-0.4, -0.2) is 11.0 Å². The fraction of sp³-hybridized carbons (Fsp3) is 0.667. The Bertz CT molecular complexity index is 247. The van der Waals surface area contributed by atoms with E-state index in [0.29, 0.717) is 6.04 Å². The SMILES string of the molecule is C[C@H](NCc1ccc[nH]1)C1CCCC1. The third kappa shape index (κ3) is 2.38. The summed E-state index contributed by atoms with van der Waals surface area (Å²) in [6, 6.07) is 4.85. The Morgan fingerprint density at radius 1 is 1.50 bits per heavy atom. The number of H-pyrrole nitrogens is 1. The van der Waals surface area contributed by atoms with Gasteiger partial charge in [-0.2, -0.15) is 0 Å². The molecule has 0 saturated heterocycles. The normalized spacial score (nSPS) is 20.1. The smallest absolute Gasteiger partial charge is 0.0359 e. The molecule has 14 heavy (non-hydrogen) atoms. The summed E-state index contributed by atoms with van der Waals surface area (Å²) in [4.78, 5) is 3.22. The van der Waals surface area contributed by atoms with Crippen molar-refractivity contribution in [3.8, 4) is 0 Å². The van der Waals surface area contributed by atoms with Crippen LogP contribution in [0.15, 0.2) is 18.3 Å². The molecule has 0 spiro atoms. The first-order valence-electron chi connectivity index (χ1n) is 5.72. The molecule has 2 rings (SSSR count). The largest absolute Gasteiger partial charge is 0.364 e. The highest BCUT2D eigenvalue weighted by molar-refractivity contribution is 5.03. The van der Waals surface area contributed by atoms with E-state index in [-0.39, 0.29) is 0 Å². The summed E-state index contributed by atoms with van der Waals surface area (Å²) in [5.41, 5.74) is 1.29. The first-order valence-corrected chi connectivity index (χ1v) is 5.72. The van der Waals surface area contributed by atoms with Crippen molar-refractivity contribution in [3.63, 3.8) is 0 Å². The van der Waals surface area contributed by atoms with Gasteiger partial charge in [0.1, 0.15) is 0 Å². The zero-order chi connectivity index (χ0) is 9.80. The molecule has 0 radical (unpaired) electrons. The van der Waals surface area contributed by atoms with Crippen LogP contribution in [-0.2, 0) is 6.54 Å². The summed E-state index contributed by atoms with van der Waals surface area (Å²) in [5.74, 6) is 0.907. The van der Waals surface area contributed by atoms with Crippen molar-refractivity contribution in [2.75, 3.05) is 0 Å². The Hall–Kier alpha value is -0.760. The van der Waals surface area contributed by atoms with Crippen LogP contribution >= 0.6 is 0 Å². The molecule has 1 saturated carbocycles. The molecule has 1 heterocycles. The van der Waals surface area contributed by atoms with Gasteiger partial charge in [-0.15, -0.1) is 0 Å². The zero-order valence-corrected chi connectivity index (χ0v) is 8.92. The summed E-state index contributed by atoms with van der Waals surface area (Å²) in [5, 5.41) is 3.60. The van der Waals surface area contributed by atoms with Gasteiger partial charge in [0.2, 0.25) is 0 Å². The predicted molar refractivity (Wildman–Crippen MR) is 59.1 cm³/mol. The number of rotatable bonds is 4. The molecule has 78 valence electrons. The minimum absolute atomic E-state index is 0.667. The summed E-state index contributed by atoms with van der Waals surface area (Å²) in [6.45, 7) is 3.30. The van der Waals surface area contributed by atoms with Gasteiger partial charge in [0.25, 0.3) is 0 Å². The molecule has 0 unspecified atom stereocenters. The van der Waals surface area contributed by atoms with E-state index in [0.717, 1.165) is 12.5 Å². The topological polar surface area (TPSA) is 27.8 Å². The summed E-state index contributed by atoms with van der Waals surface area (Å²) in [6.07, 6.45) is 7.67. The van der Waals surface area contributed by atoms with Crippen molar-refractivity contribution in [1.82, 2.24) is 10.3 Å². The summed E-state index contributed by atoms with van der Waals surface area (Å²) in [7, 11) is 0. The van der Waals surface area contributed by atoms with E-state index >= 15 is 0 Å². The Labute approximate surface area is 86.1 Å². The Morgan fingerprint density at radius 3 is 2.93 bits per heavy atom. The fourth-order valence-electron chi connectivity index (χ4n) is 2.37. The fourth-order valence-corrected chi connectivity index (χ4v) is 2.37. The number of aromatic amines is 1. The third-order valence-electron chi connectivity index (χ3n) is 3.38. The zero-order valence-electron chi connectivity index (χ0n) is 8.92. The van der Waals surface area contributed by atoms with Gasteiger partial charge in [-0.1, -0.05) is 12.8 Å². The molecular formula is C12H20N2. The van der Waals surface area contributed by atoms with E-state index in [1.54, 1.807) is 0 Å². The predicted octanol–water partition coefficient (Wildman–Crippen LogP) is 2.68. The summed E-state index contributed by atoms with van der Waals surface area (Å²) < 4.78 is 0. The van der Waals surface area contributed by atoms with E-state index in [2.05, 4.69) is 29.4 Å². The lowest BCUT2D eigenvalue weighted by Gasteiger charge is -2.19. The number of hydrogen-bond donors (Lipinski definition) is 2. The molecule has 2 heteroatoms. The molecule has 1 fully saturated rings. The maximum Gasteiger partial charge on any atom is 0.0359 e. The maximum atomic E-state index is 3.60. The molecule has 0 bridgehead atoms. The van der Waals surface area contributed by atoms with Crippen molar-refractivity contribution in [2.24, 2.45) is 5.92 Å². The molecule has 1 aromatic rings. The highest BCUT2D eigenvalue weighted by atomic mass is 14.9. The van der Waals surface area contributed by atoms with E-state index in [1.807, 2.05) is 6.20 Å². The van der Waals surface area contributed by atoms with E-state index in [4.69, 9.17) is 0 Å². The van der Waals surface area contributed by atoms with Crippen LogP contribution in [0.5, 0.6) is 0 Å². The van der Waals surface area contributed by atoms with Crippen LogP contribution in [0, 0.1) is 5.92 Å². The lowest BCUT2D eigenvalue weighted by molar-refractivity contribution is 0.379. The van der Waals surface area contributed by atoms with Crippen LogP contribution < -0.4 is 5.32 Å². The van der Waals surface area contributed by atoms with E-state index in [9.17, 15) is 0 Å². The lowest BCUT2D eigenvalue weighted by atomic mass is 10.00. The van der Waals surface area contributed by atoms with Crippen LogP contribution in [0.3, 0.4) is 0 Å². The van der Waals surface area contributed by atoms with Crippen molar-refractivity contribution in [1.29, 1.82) is 0 Å². The average molecular weight is 192 g/mol. The van der Waals surface area contributed by atoms with Crippen LogP contribution in [0.25, 0.3) is 0 Å². The standard InChI is InChI=1S/C12H20N2/c1-10(11-5-2-3-6-11)14-9-12-7-4-8-13-12/h4,7-8,10-11,13-14H,2-3,5-6,9H2,1H3/t10-/m0/s1. The van der Waals surface area contributed by atoms with Crippen LogP contribution in [0.4, 0.5) is 0 Å². The highest BCUT2D eigenvalue weighted by Gasteiger charge is 2.20. The van der Waals surface area contributed by atoms with Crippen LogP contribution in [0.1, 0.15) is 38.3 Å². The van der Waals surface area contributed by atoms with Gasteiger partial charge in [0.15, 0.2) is 0 Å². The second-order valence-corrected chi connectivity index (χ2v) is 4.41. The first kappa shape index (κ1) is 9.78. The number of aromatic nitrogens is 1. The van der Waals surface area contributed by atoms with Gasteiger partial charge in [-0.3, -0.25) is 0 Å². The average Bonchev–Trinajstić information content (AvgIpc) is 2.87. The minimum atomic E-state index is 0.667. The third-order valence-corrected chi connectivity index (χ3v) is 3.38.